The molecule has 0 radical (unpaired) electrons. The fourth-order valence-corrected chi connectivity index (χ4v) is 5.62. The van der Waals surface area contributed by atoms with Gasteiger partial charge in [-0.05, 0) is 51.4 Å². The first-order valence-electron chi connectivity index (χ1n) is 12.2. The van der Waals surface area contributed by atoms with Crippen molar-refractivity contribution >= 4 is 35.2 Å². The van der Waals surface area contributed by atoms with Crippen LogP contribution in [0.4, 0.5) is 5.95 Å². The summed E-state index contributed by atoms with van der Waals surface area (Å²) in [6.07, 6.45) is 0. The number of aromatic amines is 1. The number of hydrogen-bond donors (Lipinski definition) is 2. The highest BCUT2D eigenvalue weighted by Gasteiger charge is 2.19. The van der Waals surface area contributed by atoms with Gasteiger partial charge in [-0.2, -0.15) is 0 Å². The van der Waals surface area contributed by atoms with Gasteiger partial charge >= 0.3 is 0 Å². The van der Waals surface area contributed by atoms with E-state index in [1.54, 1.807) is 11.8 Å². The minimum atomic E-state index is -0.228. The summed E-state index contributed by atoms with van der Waals surface area (Å²) in [6.45, 7) is 6.04. The fourth-order valence-electron chi connectivity index (χ4n) is 4.43. The highest BCUT2D eigenvalue weighted by atomic mass is 35.5. The fraction of sp³-hybridized carbons (Fsp3) is 0.259. The van der Waals surface area contributed by atoms with E-state index in [-0.39, 0.29) is 11.9 Å². The van der Waals surface area contributed by atoms with E-state index in [4.69, 9.17) is 11.6 Å². The van der Waals surface area contributed by atoms with Crippen molar-refractivity contribution in [3.05, 3.63) is 88.9 Å². The molecule has 5 rings (SSSR count). The predicted molar refractivity (Wildman–Crippen MR) is 148 cm³/mol. The number of H-pyrrole nitrogens is 1. The van der Waals surface area contributed by atoms with Crippen molar-refractivity contribution in [1.82, 2.24) is 30.4 Å². The minimum Gasteiger partial charge on any atom is -0.300 e. The highest BCUT2D eigenvalue weighted by Crippen LogP contribution is 2.27. The van der Waals surface area contributed by atoms with Crippen LogP contribution in [0.5, 0.6) is 0 Å². The molecule has 2 N–H and O–H groups in total. The van der Waals surface area contributed by atoms with E-state index in [2.05, 4.69) is 72.1 Å². The zero-order valence-corrected chi connectivity index (χ0v) is 21.9. The van der Waals surface area contributed by atoms with Crippen LogP contribution in [-0.2, 0) is 6.54 Å². The van der Waals surface area contributed by atoms with Gasteiger partial charge in [0.2, 0.25) is 5.95 Å². The molecule has 10 heteroatoms. The summed E-state index contributed by atoms with van der Waals surface area (Å²) < 4.78 is 0. The quantitative estimate of drug-likeness (QED) is 0.302. The van der Waals surface area contributed by atoms with Crippen LogP contribution < -0.4 is 5.32 Å². The van der Waals surface area contributed by atoms with E-state index in [0.29, 0.717) is 5.56 Å². The second-order valence-corrected chi connectivity index (χ2v) is 10.4. The topological polar surface area (TPSA) is 90.0 Å². The zero-order chi connectivity index (χ0) is 25.5. The maximum absolute atomic E-state index is 12.7. The molecule has 0 spiro atoms. The van der Waals surface area contributed by atoms with E-state index in [9.17, 15) is 4.79 Å². The first-order chi connectivity index (χ1) is 18.2. The summed E-state index contributed by atoms with van der Waals surface area (Å²) in [5, 5.41) is 16.7. The second-order valence-electron chi connectivity index (χ2n) is 8.83. The van der Waals surface area contributed by atoms with E-state index in [1.807, 2.05) is 36.4 Å². The Labute approximate surface area is 225 Å². The largest absolute Gasteiger partial charge is 0.300 e. The van der Waals surface area contributed by atoms with Crippen LogP contribution in [0.25, 0.3) is 11.1 Å². The van der Waals surface area contributed by atoms with Crippen molar-refractivity contribution in [2.45, 2.75) is 11.4 Å². The molecule has 1 fully saturated rings. The Morgan fingerprint density at radius 3 is 2.46 bits per heavy atom. The predicted octanol–water partition coefficient (Wildman–Crippen LogP) is 4.68. The third-order valence-corrected chi connectivity index (χ3v) is 7.71. The molecule has 3 aromatic carbocycles. The number of nitrogens with one attached hydrogen (secondary N) is 2. The summed E-state index contributed by atoms with van der Waals surface area (Å²) in [5.74, 6) is 0.917. The number of thioether (sulfide) groups is 1. The molecule has 0 atom stereocenters. The average molecular weight is 534 g/mol. The maximum atomic E-state index is 12.7. The van der Waals surface area contributed by atoms with Crippen molar-refractivity contribution in [3.8, 4) is 11.1 Å². The lowest BCUT2D eigenvalue weighted by atomic mass is 9.99. The van der Waals surface area contributed by atoms with Crippen molar-refractivity contribution in [2.75, 3.05) is 43.8 Å². The van der Waals surface area contributed by atoms with Crippen molar-refractivity contribution < 1.29 is 4.79 Å². The van der Waals surface area contributed by atoms with Crippen LogP contribution in [-0.4, -0.2) is 74.8 Å². The monoisotopic (exact) mass is 533 g/mol. The minimum absolute atomic E-state index is 0.228. The number of piperazine rings is 1. The first-order valence-corrected chi connectivity index (χ1v) is 13.6. The molecule has 1 saturated heterocycles. The van der Waals surface area contributed by atoms with Gasteiger partial charge < -0.3 is 0 Å². The van der Waals surface area contributed by atoms with Crippen molar-refractivity contribution in [3.63, 3.8) is 0 Å². The number of carbonyl (C=O) groups is 1. The normalized spacial score (nSPS) is 14.5. The molecule has 0 unspecified atom stereocenters. The number of amides is 1. The molecule has 1 aliphatic rings. The number of anilines is 1. The number of carbonyl (C=O) groups excluding carboxylic acids is 1. The van der Waals surface area contributed by atoms with Crippen LogP contribution in [0.3, 0.4) is 0 Å². The Bertz CT molecular complexity index is 1310. The van der Waals surface area contributed by atoms with Gasteiger partial charge in [-0.1, -0.05) is 65.2 Å². The number of benzene rings is 3. The molecule has 0 bridgehead atoms. The summed E-state index contributed by atoms with van der Waals surface area (Å²) in [5.41, 5.74) is 4.42. The molecule has 1 amide bonds. The molecule has 1 aliphatic heterocycles. The van der Waals surface area contributed by atoms with Crippen LogP contribution >= 0.6 is 23.4 Å². The molecular formula is C27H28ClN7OS. The van der Waals surface area contributed by atoms with Gasteiger partial charge in [0.15, 0.2) is 0 Å². The van der Waals surface area contributed by atoms with Crippen LogP contribution in [0, 0.1) is 0 Å². The number of tetrazole rings is 1. The van der Waals surface area contributed by atoms with Gasteiger partial charge in [-0.3, -0.25) is 19.9 Å². The summed E-state index contributed by atoms with van der Waals surface area (Å²) >= 11 is 7.79. The van der Waals surface area contributed by atoms with Crippen LogP contribution in [0.15, 0.2) is 77.7 Å². The number of halogens is 1. The van der Waals surface area contributed by atoms with Crippen LogP contribution in [0.1, 0.15) is 15.9 Å². The lowest BCUT2D eigenvalue weighted by Gasteiger charge is -2.35. The second kappa shape index (κ2) is 12.3. The summed E-state index contributed by atoms with van der Waals surface area (Å²) in [4.78, 5) is 18.6. The summed E-state index contributed by atoms with van der Waals surface area (Å²) in [7, 11) is 0. The molecule has 37 heavy (non-hydrogen) atoms. The van der Waals surface area contributed by atoms with Crippen molar-refractivity contribution in [1.29, 1.82) is 0 Å². The molecule has 190 valence electrons. The van der Waals surface area contributed by atoms with E-state index >= 15 is 0 Å². The van der Waals surface area contributed by atoms with E-state index < -0.39 is 0 Å². The van der Waals surface area contributed by atoms with E-state index in [0.717, 1.165) is 54.9 Å². The Hall–Kier alpha value is -3.24. The first kappa shape index (κ1) is 25.4. The van der Waals surface area contributed by atoms with Gasteiger partial charge in [-0.25, -0.2) is 5.10 Å². The van der Waals surface area contributed by atoms with Gasteiger partial charge in [0.05, 0.1) is 5.56 Å². The molecule has 0 aliphatic carbocycles. The van der Waals surface area contributed by atoms with Gasteiger partial charge in [0, 0.05) is 54.9 Å². The molecule has 2 heterocycles. The molecule has 0 saturated carbocycles. The lowest BCUT2D eigenvalue weighted by molar-refractivity contribution is 0.102. The van der Waals surface area contributed by atoms with Crippen LogP contribution in [0.2, 0.25) is 5.02 Å². The molecule has 4 aromatic rings. The number of rotatable bonds is 9. The van der Waals surface area contributed by atoms with E-state index in [1.165, 1.54) is 16.7 Å². The maximum Gasteiger partial charge on any atom is 0.259 e. The number of aromatic nitrogens is 4. The SMILES string of the molecule is O=C(Nc1nnn[nH]1)c1ccccc1SCCN1CCN(Cc2ccccc2-c2ccc(Cl)cc2)CC1. The lowest BCUT2D eigenvalue weighted by Crippen LogP contribution is -2.46. The van der Waals surface area contributed by atoms with Gasteiger partial charge in [0.1, 0.15) is 0 Å². The number of hydrogen-bond acceptors (Lipinski definition) is 7. The molecule has 1 aromatic heterocycles. The Balaban J connectivity index is 1.11. The Kier molecular flexibility index (Phi) is 8.47. The molecule has 8 nitrogen and oxygen atoms in total. The zero-order valence-electron chi connectivity index (χ0n) is 20.3. The molecular weight excluding hydrogens is 506 g/mol. The van der Waals surface area contributed by atoms with Gasteiger partial charge in [0.25, 0.3) is 5.91 Å². The Morgan fingerprint density at radius 1 is 0.946 bits per heavy atom. The average Bonchev–Trinajstić information content (AvgIpc) is 3.44. The number of nitrogens with zero attached hydrogens (tertiary/aromatic N) is 5. The summed E-state index contributed by atoms with van der Waals surface area (Å²) in [6, 6.07) is 24.3. The van der Waals surface area contributed by atoms with Gasteiger partial charge in [-0.15, -0.1) is 11.8 Å². The highest BCUT2D eigenvalue weighted by molar-refractivity contribution is 7.99. The third-order valence-electron chi connectivity index (χ3n) is 6.41. The Morgan fingerprint density at radius 2 is 1.68 bits per heavy atom. The third kappa shape index (κ3) is 6.75. The van der Waals surface area contributed by atoms with Crippen molar-refractivity contribution in [2.24, 2.45) is 0 Å². The standard InChI is InChI=1S/C27H28ClN7OS/c28-22-11-9-20(10-12-22)23-6-2-1-5-21(23)19-35-15-13-34(14-16-35)17-18-37-25-8-4-3-7-24(25)26(36)29-27-30-32-33-31-27/h1-12H,13-19H2,(H2,29,30,31,32,33,36). The smallest absolute Gasteiger partial charge is 0.259 e.